The Morgan fingerprint density at radius 1 is 1.24 bits per heavy atom. The van der Waals surface area contributed by atoms with Gasteiger partial charge in [-0.3, -0.25) is 14.4 Å². The van der Waals surface area contributed by atoms with Gasteiger partial charge in [-0.15, -0.1) is 11.3 Å². The van der Waals surface area contributed by atoms with Crippen molar-refractivity contribution in [3.63, 3.8) is 0 Å². The molecule has 0 aliphatic carbocycles. The maximum Gasteiger partial charge on any atom is 0.269 e. The molecule has 3 rings (SSSR count). The van der Waals surface area contributed by atoms with E-state index in [-0.39, 0.29) is 30.3 Å². The molecule has 1 aliphatic heterocycles. The summed E-state index contributed by atoms with van der Waals surface area (Å²) in [6, 6.07) is 3.17. The predicted molar refractivity (Wildman–Crippen MR) is 103 cm³/mol. The number of anilines is 1. The highest BCUT2D eigenvalue weighted by molar-refractivity contribution is 7.13. The van der Waals surface area contributed by atoms with E-state index in [0.717, 1.165) is 12.1 Å². The number of rotatable bonds is 7. The summed E-state index contributed by atoms with van der Waals surface area (Å²) < 4.78 is 26.4. The average Bonchev–Trinajstić information content (AvgIpc) is 3.13. The first-order valence-corrected chi connectivity index (χ1v) is 9.51. The Bertz CT molecular complexity index is 987. The first kappa shape index (κ1) is 20.5. The van der Waals surface area contributed by atoms with E-state index < -0.39 is 23.5 Å². The molecule has 0 bridgehead atoms. The fraction of sp³-hybridized carbons (Fsp3) is 0.211. The minimum absolute atomic E-state index is 0.0394. The molecule has 0 spiro atoms. The molecular weight excluding hydrogens is 402 g/mol. The molecule has 0 radical (unpaired) electrons. The lowest BCUT2D eigenvalue weighted by molar-refractivity contribution is -0.121. The Morgan fingerprint density at radius 2 is 2.07 bits per heavy atom. The highest BCUT2D eigenvalue weighted by Gasteiger charge is 2.18. The molecule has 1 aliphatic rings. The predicted octanol–water partition coefficient (Wildman–Crippen LogP) is 2.39. The van der Waals surface area contributed by atoms with Crippen LogP contribution in [0.1, 0.15) is 17.7 Å². The lowest BCUT2D eigenvalue weighted by Crippen LogP contribution is -2.24. The van der Waals surface area contributed by atoms with Gasteiger partial charge in [-0.25, -0.2) is 18.8 Å². The molecule has 0 saturated heterocycles. The zero-order valence-electron chi connectivity index (χ0n) is 15.0. The lowest BCUT2D eigenvalue weighted by Gasteiger charge is -2.08. The van der Waals surface area contributed by atoms with Crippen LogP contribution >= 0.6 is 11.3 Å². The average molecular weight is 418 g/mol. The van der Waals surface area contributed by atoms with Gasteiger partial charge < -0.3 is 10.6 Å². The normalized spacial score (nSPS) is 15.4. The third-order valence-corrected chi connectivity index (χ3v) is 4.80. The minimum atomic E-state index is -0.715. The molecule has 29 heavy (non-hydrogen) atoms. The first-order chi connectivity index (χ1) is 13.9. The minimum Gasteiger partial charge on any atom is -0.352 e. The highest BCUT2D eigenvalue weighted by Crippen LogP contribution is 2.18. The molecule has 150 valence electrons. The number of carbonyl (C=O) groups excluding carboxylic acids is 3. The van der Waals surface area contributed by atoms with E-state index in [1.165, 1.54) is 35.8 Å². The van der Waals surface area contributed by atoms with Crippen molar-refractivity contribution in [2.24, 2.45) is 10.9 Å². The van der Waals surface area contributed by atoms with Gasteiger partial charge in [0.05, 0.1) is 11.6 Å². The van der Waals surface area contributed by atoms with Crippen LogP contribution in [0.2, 0.25) is 0 Å². The molecular formula is C19H16F2N4O3S. The molecule has 3 amide bonds. The molecule has 10 heteroatoms. The third-order valence-electron chi connectivity index (χ3n) is 3.99. The lowest BCUT2D eigenvalue weighted by atomic mass is 10.1. The smallest absolute Gasteiger partial charge is 0.269 e. The number of halogens is 2. The second-order valence-electron chi connectivity index (χ2n) is 6.15. The fourth-order valence-corrected chi connectivity index (χ4v) is 3.19. The van der Waals surface area contributed by atoms with Crippen LogP contribution in [0, 0.1) is 17.6 Å². The number of carbonyl (C=O) groups is 3. The van der Waals surface area contributed by atoms with Crippen LogP contribution in [0.15, 0.2) is 40.7 Å². The first-order valence-electron chi connectivity index (χ1n) is 8.63. The number of nitrogens with one attached hydrogen (secondary N) is 2. The Morgan fingerprint density at radius 3 is 2.79 bits per heavy atom. The van der Waals surface area contributed by atoms with Crippen molar-refractivity contribution in [2.45, 2.75) is 19.4 Å². The van der Waals surface area contributed by atoms with Crippen LogP contribution in [0.5, 0.6) is 0 Å². The van der Waals surface area contributed by atoms with Gasteiger partial charge in [-0.05, 0) is 12.5 Å². The zero-order valence-corrected chi connectivity index (χ0v) is 15.8. The standard InChI is InChI=1S/C19H16F2N4O3S/c20-13-3-1-11(15(21)7-13)8-22-17(27)6-4-14-10-29-19(24-14)25-18(28)12-2-5-16(26)23-9-12/h1-3,5,7,9-10,12H,4,6,8H2,(H,22,27)(H,24,25,28). The molecule has 1 aromatic heterocycles. The van der Waals surface area contributed by atoms with Crippen LogP contribution < -0.4 is 10.6 Å². The number of benzene rings is 1. The molecule has 0 saturated carbocycles. The maximum atomic E-state index is 13.5. The molecule has 2 aromatic rings. The Hall–Kier alpha value is -3.27. The summed E-state index contributed by atoms with van der Waals surface area (Å²) in [7, 11) is 0. The summed E-state index contributed by atoms with van der Waals surface area (Å²) in [5, 5.41) is 7.30. The number of hydrogen-bond donors (Lipinski definition) is 2. The summed E-state index contributed by atoms with van der Waals surface area (Å²) in [5.74, 6) is -3.11. The third kappa shape index (κ3) is 5.85. The number of aliphatic imine (C=N–C) groups is 1. The van der Waals surface area contributed by atoms with Crippen molar-refractivity contribution in [3.05, 3.63) is 58.6 Å². The molecule has 1 unspecified atom stereocenters. The number of aryl methyl sites for hydroxylation is 1. The zero-order chi connectivity index (χ0) is 20.8. The largest absolute Gasteiger partial charge is 0.352 e. The van der Waals surface area contributed by atoms with Gasteiger partial charge in [0.2, 0.25) is 11.8 Å². The summed E-state index contributed by atoms with van der Waals surface area (Å²) in [6.07, 6.45) is 4.41. The van der Waals surface area contributed by atoms with E-state index in [9.17, 15) is 23.2 Å². The van der Waals surface area contributed by atoms with E-state index >= 15 is 0 Å². The summed E-state index contributed by atoms with van der Waals surface area (Å²) in [4.78, 5) is 42.8. The van der Waals surface area contributed by atoms with Gasteiger partial charge in [0.1, 0.15) is 11.6 Å². The van der Waals surface area contributed by atoms with E-state index in [4.69, 9.17) is 0 Å². The number of aromatic nitrogens is 1. The molecule has 2 N–H and O–H groups in total. The number of dihydropyridines is 1. The Labute approximate surface area is 168 Å². The summed E-state index contributed by atoms with van der Waals surface area (Å²) >= 11 is 1.21. The number of nitrogens with zero attached hydrogens (tertiary/aromatic N) is 2. The van der Waals surface area contributed by atoms with Gasteiger partial charge in [0.25, 0.3) is 5.91 Å². The second kappa shape index (κ2) is 9.28. The highest BCUT2D eigenvalue weighted by atomic mass is 32.1. The van der Waals surface area contributed by atoms with Gasteiger partial charge in [0.15, 0.2) is 5.13 Å². The van der Waals surface area contributed by atoms with Crippen LogP contribution in [0.4, 0.5) is 13.9 Å². The molecule has 1 aromatic carbocycles. The quantitative estimate of drug-likeness (QED) is 0.721. The van der Waals surface area contributed by atoms with E-state index in [1.807, 2.05) is 0 Å². The SMILES string of the molecule is O=C1C=CC(C(=O)Nc2nc(CCC(=O)NCc3ccc(F)cc3F)cs2)C=N1. The molecule has 0 fully saturated rings. The van der Waals surface area contributed by atoms with Crippen LogP contribution in [0.25, 0.3) is 0 Å². The number of thiazole rings is 1. The Kier molecular flexibility index (Phi) is 6.55. The van der Waals surface area contributed by atoms with Crippen molar-refractivity contribution in [1.82, 2.24) is 10.3 Å². The van der Waals surface area contributed by atoms with E-state index in [1.54, 1.807) is 5.38 Å². The van der Waals surface area contributed by atoms with Crippen molar-refractivity contribution in [3.8, 4) is 0 Å². The molecule has 2 heterocycles. The summed E-state index contributed by atoms with van der Waals surface area (Å²) in [6.45, 7) is -0.0394. The number of amides is 3. The summed E-state index contributed by atoms with van der Waals surface area (Å²) in [5.41, 5.74) is 0.817. The second-order valence-corrected chi connectivity index (χ2v) is 7.01. The van der Waals surface area contributed by atoms with Gasteiger partial charge in [-0.1, -0.05) is 12.1 Å². The van der Waals surface area contributed by atoms with Crippen molar-refractivity contribution < 1.29 is 23.2 Å². The Balaban J connectivity index is 1.44. The molecule has 7 nitrogen and oxygen atoms in total. The monoisotopic (exact) mass is 418 g/mol. The molecule has 1 atom stereocenters. The van der Waals surface area contributed by atoms with Crippen molar-refractivity contribution in [1.29, 1.82) is 0 Å². The van der Waals surface area contributed by atoms with E-state index in [2.05, 4.69) is 20.6 Å². The van der Waals surface area contributed by atoms with Crippen molar-refractivity contribution >= 4 is 40.4 Å². The fourth-order valence-electron chi connectivity index (χ4n) is 2.44. The van der Waals surface area contributed by atoms with E-state index in [0.29, 0.717) is 17.2 Å². The van der Waals surface area contributed by atoms with Gasteiger partial charge in [0, 0.05) is 42.3 Å². The maximum absolute atomic E-state index is 13.5. The topological polar surface area (TPSA) is 101 Å². The van der Waals surface area contributed by atoms with Crippen LogP contribution in [0.3, 0.4) is 0 Å². The van der Waals surface area contributed by atoms with Gasteiger partial charge >= 0.3 is 0 Å². The number of hydrogen-bond acceptors (Lipinski definition) is 5. The van der Waals surface area contributed by atoms with Gasteiger partial charge in [-0.2, -0.15) is 0 Å². The van der Waals surface area contributed by atoms with Crippen LogP contribution in [-0.4, -0.2) is 28.9 Å². The van der Waals surface area contributed by atoms with Crippen LogP contribution in [-0.2, 0) is 27.3 Å². The van der Waals surface area contributed by atoms with Crippen molar-refractivity contribution in [2.75, 3.05) is 5.32 Å².